The lowest BCUT2D eigenvalue weighted by molar-refractivity contribution is -0.122. The molecule has 5 nitrogen and oxygen atoms in total. The molecule has 0 atom stereocenters. The van der Waals surface area contributed by atoms with Crippen molar-refractivity contribution in [1.82, 2.24) is 10.2 Å². The largest absolute Gasteiger partial charge is 0.374 e. The molecule has 2 aliphatic rings. The van der Waals surface area contributed by atoms with Gasteiger partial charge in [0.15, 0.2) is 0 Å². The fourth-order valence-electron chi connectivity index (χ4n) is 2.01. The van der Waals surface area contributed by atoms with E-state index in [4.69, 9.17) is 0 Å². The number of carbonyl (C=O) groups excluding carboxylic acids is 3. The number of hydrogen-bond acceptors (Lipinski definition) is 4. The van der Waals surface area contributed by atoms with E-state index in [1.165, 1.54) is 6.08 Å². The van der Waals surface area contributed by atoms with E-state index in [2.05, 4.69) is 5.32 Å². The van der Waals surface area contributed by atoms with Gasteiger partial charge in [-0.05, 0) is 12.8 Å². The quantitative estimate of drug-likeness (QED) is 0.655. The summed E-state index contributed by atoms with van der Waals surface area (Å²) in [6.45, 7) is 0. The van der Waals surface area contributed by atoms with Gasteiger partial charge in [-0.25, -0.2) is 0 Å². The number of Topliss-reactive ketones (excluding diaryl/α,β-unsaturated/α-hetero) is 1. The van der Waals surface area contributed by atoms with Crippen LogP contribution in [0.1, 0.15) is 19.3 Å². The highest BCUT2D eigenvalue weighted by Crippen LogP contribution is 2.25. The third-order valence-electron chi connectivity index (χ3n) is 2.90. The number of carbonyl (C=O) groups is 3. The van der Waals surface area contributed by atoms with Crippen LogP contribution in [0.5, 0.6) is 0 Å². The lowest BCUT2D eigenvalue weighted by atomic mass is 9.94. The van der Waals surface area contributed by atoms with Crippen LogP contribution in [0.2, 0.25) is 0 Å². The lowest BCUT2D eigenvalue weighted by Crippen LogP contribution is -2.33. The van der Waals surface area contributed by atoms with Gasteiger partial charge >= 0.3 is 0 Å². The van der Waals surface area contributed by atoms with Crippen molar-refractivity contribution < 1.29 is 14.4 Å². The van der Waals surface area contributed by atoms with Gasteiger partial charge in [-0.1, -0.05) is 0 Å². The molecule has 0 spiro atoms. The van der Waals surface area contributed by atoms with Gasteiger partial charge in [-0.2, -0.15) is 0 Å². The van der Waals surface area contributed by atoms with Gasteiger partial charge in [-0.15, -0.1) is 0 Å². The summed E-state index contributed by atoms with van der Waals surface area (Å²) in [5.41, 5.74) is 0.986. The Balaban J connectivity index is 2.42. The van der Waals surface area contributed by atoms with Crippen LogP contribution in [0.25, 0.3) is 0 Å². The minimum Gasteiger partial charge on any atom is -0.374 e. The molecule has 1 aliphatic heterocycles. The molecule has 0 aromatic carbocycles. The van der Waals surface area contributed by atoms with Crippen LogP contribution in [-0.4, -0.2) is 36.5 Å². The number of amides is 1. The van der Waals surface area contributed by atoms with Crippen LogP contribution in [0.3, 0.4) is 0 Å². The van der Waals surface area contributed by atoms with Gasteiger partial charge in [0.05, 0.1) is 11.4 Å². The molecule has 1 N–H and O–H groups in total. The Morgan fingerprint density at radius 3 is 2.53 bits per heavy atom. The van der Waals surface area contributed by atoms with E-state index < -0.39 is 0 Å². The van der Waals surface area contributed by atoms with E-state index in [0.717, 1.165) is 0 Å². The monoisotopic (exact) mass is 234 g/mol. The second-order valence-corrected chi connectivity index (χ2v) is 4.37. The highest BCUT2D eigenvalue weighted by atomic mass is 16.2. The van der Waals surface area contributed by atoms with Gasteiger partial charge in [0, 0.05) is 32.2 Å². The van der Waals surface area contributed by atoms with Crippen LogP contribution in [0.15, 0.2) is 23.0 Å². The molecule has 0 aromatic heterocycles. The molecule has 2 rings (SSSR count). The maximum atomic E-state index is 12.1. The first-order valence-corrected chi connectivity index (χ1v) is 5.51. The van der Waals surface area contributed by atoms with Gasteiger partial charge in [0.25, 0.3) is 0 Å². The van der Waals surface area contributed by atoms with Crippen molar-refractivity contribution in [3.8, 4) is 0 Å². The summed E-state index contributed by atoms with van der Waals surface area (Å²) in [4.78, 5) is 37.0. The molecular weight excluding hydrogens is 220 g/mol. The molecule has 1 aliphatic carbocycles. The number of ketones is 2. The van der Waals surface area contributed by atoms with Crippen molar-refractivity contribution in [3.05, 3.63) is 23.0 Å². The third-order valence-corrected chi connectivity index (χ3v) is 2.90. The first-order valence-electron chi connectivity index (χ1n) is 5.51. The molecule has 0 bridgehead atoms. The normalized spacial score (nSPS) is 20.6. The zero-order valence-electron chi connectivity index (χ0n) is 9.87. The van der Waals surface area contributed by atoms with Crippen molar-refractivity contribution >= 4 is 17.5 Å². The molecule has 0 saturated heterocycles. The Labute approximate surface area is 99.2 Å². The minimum absolute atomic E-state index is 0.160. The fourth-order valence-corrected chi connectivity index (χ4v) is 2.01. The Morgan fingerprint density at radius 1 is 1.18 bits per heavy atom. The molecule has 1 heterocycles. The Hall–Kier alpha value is -1.91. The van der Waals surface area contributed by atoms with Gasteiger partial charge in [-0.3, -0.25) is 14.4 Å². The average Bonchev–Trinajstić information content (AvgIpc) is 2.45. The summed E-state index contributed by atoms with van der Waals surface area (Å²) >= 11 is 0. The average molecular weight is 234 g/mol. The van der Waals surface area contributed by atoms with E-state index in [1.54, 1.807) is 19.0 Å². The van der Waals surface area contributed by atoms with Crippen molar-refractivity contribution in [3.63, 3.8) is 0 Å². The van der Waals surface area contributed by atoms with Crippen LogP contribution < -0.4 is 5.32 Å². The summed E-state index contributed by atoms with van der Waals surface area (Å²) in [6, 6.07) is 0. The van der Waals surface area contributed by atoms with Crippen LogP contribution in [-0.2, 0) is 14.4 Å². The topological polar surface area (TPSA) is 66.5 Å². The molecule has 5 heteroatoms. The number of hydrogen-bond donors (Lipinski definition) is 1. The molecular formula is C12H14N2O3. The summed E-state index contributed by atoms with van der Waals surface area (Å²) in [7, 11) is 3.44. The molecule has 1 amide bonds. The Kier molecular flexibility index (Phi) is 2.83. The predicted molar refractivity (Wildman–Crippen MR) is 60.8 cm³/mol. The first-order chi connectivity index (χ1) is 8.00. The first kappa shape index (κ1) is 11.6. The molecule has 0 aromatic rings. The Morgan fingerprint density at radius 2 is 1.88 bits per heavy atom. The van der Waals surface area contributed by atoms with E-state index >= 15 is 0 Å². The maximum Gasteiger partial charge on any atom is 0.224 e. The minimum atomic E-state index is -0.293. The van der Waals surface area contributed by atoms with Crippen LogP contribution >= 0.6 is 0 Å². The number of likely N-dealkylation sites (N-methyl/N-ethyl adjacent to an activating group) is 1. The number of nitrogens with zero attached hydrogens (tertiary/aromatic N) is 1. The fraction of sp³-hybridized carbons (Fsp3) is 0.417. The highest BCUT2D eigenvalue weighted by Gasteiger charge is 2.31. The molecule has 0 fully saturated rings. The molecule has 90 valence electrons. The predicted octanol–water partition coefficient (Wildman–Crippen LogP) is 0.138. The van der Waals surface area contributed by atoms with Gasteiger partial charge in [0.1, 0.15) is 0 Å². The zero-order chi connectivity index (χ0) is 12.6. The second kappa shape index (κ2) is 4.16. The third kappa shape index (κ3) is 2.00. The van der Waals surface area contributed by atoms with Crippen molar-refractivity contribution in [2.75, 3.05) is 14.1 Å². The number of nitrogens with one attached hydrogen (secondary N) is 1. The maximum absolute atomic E-state index is 12.1. The highest BCUT2D eigenvalue weighted by molar-refractivity contribution is 6.23. The summed E-state index contributed by atoms with van der Waals surface area (Å²) < 4.78 is 0. The molecule has 0 unspecified atom stereocenters. The van der Waals surface area contributed by atoms with Gasteiger partial charge < -0.3 is 10.2 Å². The van der Waals surface area contributed by atoms with E-state index in [9.17, 15) is 14.4 Å². The van der Waals surface area contributed by atoms with E-state index in [0.29, 0.717) is 30.5 Å². The summed E-state index contributed by atoms with van der Waals surface area (Å²) in [6.07, 6.45) is 2.71. The number of rotatable bonds is 1. The Bertz CT molecular complexity index is 472. The van der Waals surface area contributed by atoms with Crippen LogP contribution in [0, 0.1) is 0 Å². The van der Waals surface area contributed by atoms with E-state index in [-0.39, 0.29) is 23.2 Å². The van der Waals surface area contributed by atoms with Crippen molar-refractivity contribution in [2.45, 2.75) is 19.3 Å². The zero-order valence-corrected chi connectivity index (χ0v) is 9.87. The smallest absolute Gasteiger partial charge is 0.224 e. The lowest BCUT2D eigenvalue weighted by Gasteiger charge is -2.22. The number of allylic oxidation sites excluding steroid dienone is 2. The summed E-state index contributed by atoms with van der Waals surface area (Å²) in [5.74, 6) is -0.650. The SMILES string of the molecule is CN(C)C1=CC(=O)C2=C(CCCC(=O)N2)C1=O. The molecule has 17 heavy (non-hydrogen) atoms. The van der Waals surface area contributed by atoms with Crippen molar-refractivity contribution in [1.29, 1.82) is 0 Å². The van der Waals surface area contributed by atoms with Crippen LogP contribution in [0.4, 0.5) is 0 Å². The van der Waals surface area contributed by atoms with Crippen molar-refractivity contribution in [2.24, 2.45) is 0 Å². The summed E-state index contributed by atoms with van der Waals surface area (Å²) in [5, 5.41) is 2.53. The standard InChI is InChI=1S/C12H14N2O3/c1-14(2)8-6-9(15)11-7(12(8)17)4-3-5-10(16)13-11/h6H,3-5H2,1-2H3,(H,13,16). The second-order valence-electron chi connectivity index (χ2n) is 4.37. The van der Waals surface area contributed by atoms with E-state index in [1.807, 2.05) is 0 Å². The molecule has 0 saturated carbocycles. The molecule has 0 radical (unpaired) electrons. The van der Waals surface area contributed by atoms with Gasteiger partial charge in [0.2, 0.25) is 17.5 Å².